The molecule has 1 amide bonds. The Labute approximate surface area is 137 Å². The summed E-state index contributed by atoms with van der Waals surface area (Å²) in [5.74, 6) is 1.00. The molecular formula is C15H16N6OS. The lowest BCUT2D eigenvalue weighted by Gasteiger charge is -2.34. The second-order valence-corrected chi connectivity index (χ2v) is 6.32. The Morgan fingerprint density at radius 2 is 2.35 bits per heavy atom. The molecule has 0 fully saturated rings. The number of amides is 1. The van der Waals surface area contributed by atoms with E-state index in [4.69, 9.17) is 0 Å². The van der Waals surface area contributed by atoms with Crippen LogP contribution in [0.25, 0.3) is 0 Å². The second kappa shape index (κ2) is 5.62. The molecule has 3 aromatic rings. The zero-order valence-corrected chi connectivity index (χ0v) is 13.5. The van der Waals surface area contributed by atoms with E-state index >= 15 is 0 Å². The van der Waals surface area contributed by atoms with Crippen molar-refractivity contribution in [2.75, 3.05) is 6.54 Å². The molecule has 8 heteroatoms. The van der Waals surface area contributed by atoms with E-state index in [0.717, 1.165) is 23.6 Å². The van der Waals surface area contributed by atoms with Gasteiger partial charge in [-0.3, -0.25) is 4.79 Å². The summed E-state index contributed by atoms with van der Waals surface area (Å²) in [6, 6.07) is 1.83. The molecule has 0 saturated heterocycles. The van der Waals surface area contributed by atoms with Gasteiger partial charge in [-0.2, -0.15) is 16.4 Å². The summed E-state index contributed by atoms with van der Waals surface area (Å²) >= 11 is 1.54. The zero-order valence-electron chi connectivity index (χ0n) is 12.7. The van der Waals surface area contributed by atoms with Gasteiger partial charge in [-0.1, -0.05) is 0 Å². The van der Waals surface area contributed by atoms with Gasteiger partial charge in [-0.15, -0.1) is 0 Å². The molecule has 4 rings (SSSR count). The number of imidazole rings is 1. The lowest BCUT2D eigenvalue weighted by molar-refractivity contribution is 0.0636. The smallest absolute Gasteiger partial charge is 0.255 e. The fourth-order valence-corrected chi connectivity index (χ4v) is 3.63. The Morgan fingerprint density at radius 1 is 1.43 bits per heavy atom. The van der Waals surface area contributed by atoms with E-state index < -0.39 is 0 Å². The van der Waals surface area contributed by atoms with Gasteiger partial charge in [-0.05, 0) is 18.4 Å². The Morgan fingerprint density at radius 3 is 3.09 bits per heavy atom. The van der Waals surface area contributed by atoms with Gasteiger partial charge in [0.2, 0.25) is 0 Å². The Bertz CT molecular complexity index is 807. The predicted molar refractivity (Wildman–Crippen MR) is 85.1 cm³/mol. The third-order valence-corrected chi connectivity index (χ3v) is 4.88. The van der Waals surface area contributed by atoms with Crippen molar-refractivity contribution in [3.05, 3.63) is 52.8 Å². The van der Waals surface area contributed by atoms with Crippen molar-refractivity contribution in [1.29, 1.82) is 0 Å². The SMILES string of the molecule is CC1c2ncc(Cn3cncn3)n2CCN1C(=O)c1ccsc1. The summed E-state index contributed by atoms with van der Waals surface area (Å²) in [5.41, 5.74) is 1.84. The van der Waals surface area contributed by atoms with Gasteiger partial charge in [0.25, 0.3) is 5.91 Å². The largest absolute Gasteiger partial charge is 0.327 e. The van der Waals surface area contributed by atoms with Crippen LogP contribution in [0.3, 0.4) is 0 Å². The average Bonchev–Trinajstić information content (AvgIpc) is 3.30. The Balaban J connectivity index is 1.59. The molecule has 3 aromatic heterocycles. The topological polar surface area (TPSA) is 68.8 Å². The van der Waals surface area contributed by atoms with Crippen molar-refractivity contribution in [2.24, 2.45) is 0 Å². The molecule has 0 radical (unpaired) electrons. The number of hydrogen-bond acceptors (Lipinski definition) is 5. The highest BCUT2D eigenvalue weighted by Gasteiger charge is 2.30. The zero-order chi connectivity index (χ0) is 15.8. The van der Waals surface area contributed by atoms with Crippen LogP contribution in [0.15, 0.2) is 35.7 Å². The Kier molecular flexibility index (Phi) is 3.45. The highest BCUT2D eigenvalue weighted by atomic mass is 32.1. The lowest BCUT2D eigenvalue weighted by Crippen LogP contribution is -2.41. The average molecular weight is 328 g/mol. The van der Waals surface area contributed by atoms with Gasteiger partial charge in [0.05, 0.1) is 30.0 Å². The van der Waals surface area contributed by atoms with Crippen LogP contribution < -0.4 is 0 Å². The van der Waals surface area contributed by atoms with Crippen LogP contribution in [0.1, 0.15) is 34.8 Å². The maximum Gasteiger partial charge on any atom is 0.255 e. The summed E-state index contributed by atoms with van der Waals surface area (Å²) in [6.07, 6.45) is 5.09. The molecule has 0 N–H and O–H groups in total. The van der Waals surface area contributed by atoms with Crippen LogP contribution in [0.5, 0.6) is 0 Å². The van der Waals surface area contributed by atoms with Gasteiger partial charge in [0.15, 0.2) is 0 Å². The van der Waals surface area contributed by atoms with Gasteiger partial charge >= 0.3 is 0 Å². The van der Waals surface area contributed by atoms with Crippen LogP contribution >= 0.6 is 11.3 Å². The molecule has 1 unspecified atom stereocenters. The van der Waals surface area contributed by atoms with Gasteiger partial charge in [0, 0.05) is 18.5 Å². The van der Waals surface area contributed by atoms with E-state index in [1.54, 1.807) is 22.3 Å². The molecule has 1 aliphatic rings. The molecule has 4 heterocycles. The first kappa shape index (κ1) is 14.1. The fraction of sp³-hybridized carbons (Fsp3) is 0.333. The highest BCUT2D eigenvalue weighted by molar-refractivity contribution is 7.08. The first-order valence-electron chi connectivity index (χ1n) is 7.44. The number of aromatic nitrogens is 5. The molecule has 118 valence electrons. The second-order valence-electron chi connectivity index (χ2n) is 5.54. The Hall–Kier alpha value is -2.48. The quantitative estimate of drug-likeness (QED) is 0.735. The molecule has 1 aliphatic heterocycles. The maximum absolute atomic E-state index is 12.6. The van der Waals surface area contributed by atoms with E-state index in [2.05, 4.69) is 19.6 Å². The third kappa shape index (κ3) is 2.44. The van der Waals surface area contributed by atoms with Crippen LogP contribution in [0.4, 0.5) is 0 Å². The third-order valence-electron chi connectivity index (χ3n) is 4.19. The molecule has 0 saturated carbocycles. The van der Waals surface area contributed by atoms with Crippen LogP contribution in [-0.2, 0) is 13.1 Å². The van der Waals surface area contributed by atoms with Gasteiger partial charge < -0.3 is 9.47 Å². The number of hydrogen-bond donors (Lipinski definition) is 0. The minimum atomic E-state index is -0.0411. The molecule has 0 bridgehead atoms. The minimum Gasteiger partial charge on any atom is -0.327 e. The highest BCUT2D eigenvalue weighted by Crippen LogP contribution is 2.27. The van der Waals surface area contributed by atoms with Crippen LogP contribution in [-0.4, -0.2) is 41.7 Å². The molecule has 0 aromatic carbocycles. The molecular weight excluding hydrogens is 312 g/mol. The van der Waals surface area contributed by atoms with Crippen molar-refractivity contribution >= 4 is 17.2 Å². The number of nitrogens with zero attached hydrogens (tertiary/aromatic N) is 6. The van der Waals surface area contributed by atoms with Crippen LogP contribution in [0, 0.1) is 0 Å². The van der Waals surface area contributed by atoms with E-state index in [1.807, 2.05) is 34.8 Å². The molecule has 0 aliphatic carbocycles. The molecule has 0 spiro atoms. The standard InChI is InChI=1S/C15H16N6OS/c1-11-14-17-6-13(7-19-10-16-9-18-19)21(14)4-3-20(11)15(22)12-2-5-23-8-12/h2,5-6,8-11H,3-4,7H2,1H3. The van der Waals surface area contributed by atoms with Crippen LogP contribution in [0.2, 0.25) is 0 Å². The number of carbonyl (C=O) groups is 1. The molecule has 7 nitrogen and oxygen atoms in total. The first-order valence-corrected chi connectivity index (χ1v) is 8.38. The predicted octanol–water partition coefficient (Wildman–Crippen LogP) is 1.80. The van der Waals surface area contributed by atoms with Crippen molar-refractivity contribution in [3.8, 4) is 0 Å². The molecule has 1 atom stereocenters. The summed E-state index contributed by atoms with van der Waals surface area (Å²) in [6.45, 7) is 4.10. The fourth-order valence-electron chi connectivity index (χ4n) is 3.00. The van der Waals surface area contributed by atoms with Crippen molar-refractivity contribution in [1.82, 2.24) is 29.2 Å². The summed E-state index contributed by atoms with van der Waals surface area (Å²) in [4.78, 5) is 23.0. The number of rotatable bonds is 3. The summed E-state index contributed by atoms with van der Waals surface area (Å²) < 4.78 is 3.96. The first-order chi connectivity index (χ1) is 11.2. The van der Waals surface area contributed by atoms with E-state index in [9.17, 15) is 4.79 Å². The summed E-state index contributed by atoms with van der Waals surface area (Å²) in [5, 5.41) is 7.96. The van der Waals surface area contributed by atoms with E-state index in [1.165, 1.54) is 6.33 Å². The lowest BCUT2D eigenvalue weighted by atomic mass is 10.1. The number of carbonyl (C=O) groups excluding carboxylic acids is 1. The number of fused-ring (bicyclic) bond motifs is 1. The normalized spacial score (nSPS) is 17.3. The van der Waals surface area contributed by atoms with E-state index in [0.29, 0.717) is 13.1 Å². The van der Waals surface area contributed by atoms with Crippen molar-refractivity contribution < 1.29 is 4.79 Å². The minimum absolute atomic E-state index is 0.0411. The summed E-state index contributed by atoms with van der Waals surface area (Å²) in [7, 11) is 0. The van der Waals surface area contributed by atoms with Gasteiger partial charge in [0.1, 0.15) is 18.5 Å². The van der Waals surface area contributed by atoms with Gasteiger partial charge in [-0.25, -0.2) is 14.6 Å². The monoisotopic (exact) mass is 328 g/mol. The van der Waals surface area contributed by atoms with Crippen molar-refractivity contribution in [3.63, 3.8) is 0 Å². The van der Waals surface area contributed by atoms with Crippen molar-refractivity contribution in [2.45, 2.75) is 26.1 Å². The van der Waals surface area contributed by atoms with E-state index in [-0.39, 0.29) is 11.9 Å². The number of thiophene rings is 1. The maximum atomic E-state index is 12.6. The molecule has 23 heavy (non-hydrogen) atoms.